The molecule has 3 atom stereocenters. The monoisotopic (exact) mass is 397 g/mol. The first kappa shape index (κ1) is 19.5. The van der Waals surface area contributed by atoms with Crippen LogP contribution in [0.25, 0.3) is 0 Å². The van der Waals surface area contributed by atoms with Gasteiger partial charge in [0.15, 0.2) is 0 Å². The Morgan fingerprint density at radius 1 is 0.700 bits per heavy atom. The van der Waals surface area contributed by atoms with Crippen molar-refractivity contribution in [3.63, 3.8) is 0 Å². The van der Waals surface area contributed by atoms with Crippen molar-refractivity contribution < 1.29 is 4.74 Å². The van der Waals surface area contributed by atoms with Gasteiger partial charge in [-0.05, 0) is 29.5 Å². The minimum absolute atomic E-state index is 0.290. The molecule has 154 valence electrons. The second-order valence-electron chi connectivity index (χ2n) is 8.71. The van der Waals surface area contributed by atoms with E-state index in [1.807, 2.05) is 7.11 Å². The molecule has 2 nitrogen and oxygen atoms in total. The minimum atomic E-state index is -0.486. The Morgan fingerprint density at radius 2 is 1.20 bits per heavy atom. The van der Waals surface area contributed by atoms with Gasteiger partial charge in [0.1, 0.15) is 5.60 Å². The van der Waals surface area contributed by atoms with Crippen molar-refractivity contribution in [3.8, 4) is 0 Å². The lowest BCUT2D eigenvalue weighted by Crippen LogP contribution is -2.40. The summed E-state index contributed by atoms with van der Waals surface area (Å²) in [5.41, 5.74) is 3.40. The van der Waals surface area contributed by atoms with E-state index in [2.05, 4.69) is 95.9 Å². The summed E-state index contributed by atoms with van der Waals surface area (Å²) < 4.78 is 6.57. The molecule has 5 rings (SSSR count). The molecular formula is C28H31NO. The standard InChI is InChI=1S/C28H31NO/c1-30-28(23-16-8-3-9-17-23,24-18-10-4-11-19-24)27-26(22-14-6-2-7-15-22)29(27)25-20-12-5-13-21-25/h2-4,6-11,14-19,25-27H,5,12-13,20-21H2,1H3/t26-,27-,29?/m0/s1. The molecule has 0 spiro atoms. The van der Waals surface area contributed by atoms with E-state index in [4.69, 9.17) is 4.74 Å². The molecule has 1 aliphatic heterocycles. The van der Waals surface area contributed by atoms with Crippen LogP contribution in [0.15, 0.2) is 91.0 Å². The van der Waals surface area contributed by atoms with Crippen molar-refractivity contribution in [3.05, 3.63) is 108 Å². The Labute approximate surface area is 180 Å². The summed E-state index contributed by atoms with van der Waals surface area (Å²) in [7, 11) is 1.89. The number of nitrogens with zero attached hydrogens (tertiary/aromatic N) is 1. The Morgan fingerprint density at radius 3 is 1.70 bits per heavy atom. The smallest absolute Gasteiger partial charge is 0.135 e. The lowest BCUT2D eigenvalue weighted by molar-refractivity contribution is 0.00497. The maximum absolute atomic E-state index is 6.57. The van der Waals surface area contributed by atoms with Gasteiger partial charge in [0, 0.05) is 13.2 Å². The van der Waals surface area contributed by atoms with Crippen molar-refractivity contribution in [2.24, 2.45) is 0 Å². The van der Waals surface area contributed by atoms with Crippen LogP contribution in [0.4, 0.5) is 0 Å². The van der Waals surface area contributed by atoms with E-state index in [0.717, 1.165) is 0 Å². The van der Waals surface area contributed by atoms with Gasteiger partial charge in [0.25, 0.3) is 0 Å². The largest absolute Gasteiger partial charge is 0.367 e. The maximum Gasteiger partial charge on any atom is 0.135 e. The molecule has 1 unspecified atom stereocenters. The van der Waals surface area contributed by atoms with Crippen LogP contribution in [0.3, 0.4) is 0 Å². The fourth-order valence-corrected chi connectivity index (χ4v) is 5.75. The molecule has 1 saturated heterocycles. The Balaban J connectivity index is 1.65. The molecule has 0 aromatic heterocycles. The van der Waals surface area contributed by atoms with E-state index < -0.39 is 5.60 Å². The summed E-state index contributed by atoms with van der Waals surface area (Å²) in [6.45, 7) is 0. The molecule has 0 N–H and O–H groups in total. The lowest BCUT2D eigenvalue weighted by atomic mass is 9.80. The number of hydrogen-bond acceptors (Lipinski definition) is 2. The molecule has 30 heavy (non-hydrogen) atoms. The van der Waals surface area contributed by atoms with Gasteiger partial charge in [-0.25, -0.2) is 0 Å². The molecule has 0 radical (unpaired) electrons. The topological polar surface area (TPSA) is 12.2 Å². The SMILES string of the molecule is COC(c1ccccc1)(c1ccccc1)[C@@H]1[C@H](c2ccccc2)N1C1CCCCC1. The zero-order valence-corrected chi connectivity index (χ0v) is 17.8. The van der Waals surface area contributed by atoms with Crippen LogP contribution in [0.1, 0.15) is 54.8 Å². The third-order valence-corrected chi connectivity index (χ3v) is 7.13. The van der Waals surface area contributed by atoms with E-state index in [1.54, 1.807) is 0 Å². The van der Waals surface area contributed by atoms with Crippen molar-refractivity contribution in [2.75, 3.05) is 7.11 Å². The lowest BCUT2D eigenvalue weighted by Gasteiger charge is -2.35. The van der Waals surface area contributed by atoms with Gasteiger partial charge in [-0.15, -0.1) is 0 Å². The summed E-state index contributed by atoms with van der Waals surface area (Å²) in [6.07, 6.45) is 6.64. The molecular weight excluding hydrogens is 366 g/mol. The summed E-state index contributed by atoms with van der Waals surface area (Å²) in [6, 6.07) is 34.0. The van der Waals surface area contributed by atoms with E-state index >= 15 is 0 Å². The van der Waals surface area contributed by atoms with Crippen LogP contribution in [0.5, 0.6) is 0 Å². The molecule has 2 aliphatic rings. The molecule has 1 aliphatic carbocycles. The van der Waals surface area contributed by atoms with E-state index in [1.165, 1.54) is 48.8 Å². The van der Waals surface area contributed by atoms with Gasteiger partial charge in [-0.1, -0.05) is 110 Å². The van der Waals surface area contributed by atoms with Crippen LogP contribution >= 0.6 is 0 Å². The molecule has 2 heteroatoms. The third-order valence-electron chi connectivity index (χ3n) is 7.13. The highest BCUT2D eigenvalue weighted by Crippen LogP contribution is 2.58. The highest BCUT2D eigenvalue weighted by Gasteiger charge is 2.63. The molecule has 2 fully saturated rings. The van der Waals surface area contributed by atoms with Crippen LogP contribution in [-0.4, -0.2) is 24.1 Å². The highest BCUT2D eigenvalue weighted by atomic mass is 16.5. The molecule has 3 aromatic rings. The fourth-order valence-electron chi connectivity index (χ4n) is 5.75. The normalized spacial score (nSPS) is 24.5. The average molecular weight is 398 g/mol. The zero-order chi connectivity index (χ0) is 20.4. The van der Waals surface area contributed by atoms with Gasteiger partial charge in [0.2, 0.25) is 0 Å². The van der Waals surface area contributed by atoms with E-state index in [9.17, 15) is 0 Å². The predicted molar refractivity (Wildman–Crippen MR) is 122 cm³/mol. The Kier molecular flexibility index (Phi) is 5.45. The molecule has 3 aromatic carbocycles. The van der Waals surface area contributed by atoms with Gasteiger partial charge >= 0.3 is 0 Å². The van der Waals surface area contributed by atoms with Gasteiger partial charge in [-0.3, -0.25) is 4.90 Å². The molecule has 0 bridgehead atoms. The van der Waals surface area contributed by atoms with Crippen molar-refractivity contribution in [1.82, 2.24) is 4.90 Å². The Bertz CT molecular complexity index is 895. The van der Waals surface area contributed by atoms with Crippen LogP contribution < -0.4 is 0 Å². The van der Waals surface area contributed by atoms with Crippen LogP contribution in [0.2, 0.25) is 0 Å². The first-order valence-corrected chi connectivity index (χ1v) is 11.3. The predicted octanol–water partition coefficient (Wildman–Crippen LogP) is 6.33. The highest BCUT2D eigenvalue weighted by molar-refractivity contribution is 5.45. The summed E-state index contributed by atoms with van der Waals surface area (Å²) >= 11 is 0. The molecule has 1 heterocycles. The summed E-state index contributed by atoms with van der Waals surface area (Å²) in [5.74, 6) is 0. The number of ether oxygens (including phenoxy) is 1. The minimum Gasteiger partial charge on any atom is -0.367 e. The van der Waals surface area contributed by atoms with E-state index in [0.29, 0.717) is 12.1 Å². The quantitative estimate of drug-likeness (QED) is 0.450. The number of rotatable bonds is 6. The zero-order valence-electron chi connectivity index (χ0n) is 17.8. The first-order valence-electron chi connectivity index (χ1n) is 11.3. The second-order valence-corrected chi connectivity index (χ2v) is 8.71. The summed E-state index contributed by atoms with van der Waals surface area (Å²) in [4.78, 5) is 2.76. The summed E-state index contributed by atoms with van der Waals surface area (Å²) in [5, 5.41) is 0. The Hall–Kier alpha value is -2.42. The number of hydrogen-bond donors (Lipinski definition) is 0. The van der Waals surface area contributed by atoms with Crippen molar-refractivity contribution >= 4 is 0 Å². The number of benzene rings is 3. The van der Waals surface area contributed by atoms with Crippen LogP contribution in [0, 0.1) is 0 Å². The maximum atomic E-state index is 6.57. The van der Waals surface area contributed by atoms with Gasteiger partial charge in [0.05, 0.1) is 12.1 Å². The number of methoxy groups -OCH3 is 1. The van der Waals surface area contributed by atoms with Gasteiger partial charge < -0.3 is 4.74 Å². The fraction of sp³-hybridized carbons (Fsp3) is 0.357. The van der Waals surface area contributed by atoms with Gasteiger partial charge in [-0.2, -0.15) is 0 Å². The average Bonchev–Trinajstić information content (AvgIpc) is 3.59. The third kappa shape index (κ3) is 3.29. The van der Waals surface area contributed by atoms with Crippen molar-refractivity contribution in [1.29, 1.82) is 0 Å². The molecule has 1 saturated carbocycles. The van der Waals surface area contributed by atoms with E-state index in [-0.39, 0.29) is 6.04 Å². The first-order chi connectivity index (χ1) is 14.9. The molecule has 0 amide bonds. The van der Waals surface area contributed by atoms with Crippen molar-refractivity contribution in [2.45, 2.75) is 55.8 Å². The second kappa shape index (κ2) is 8.37. The van der Waals surface area contributed by atoms with Crippen LogP contribution in [-0.2, 0) is 10.3 Å².